The lowest BCUT2D eigenvalue weighted by atomic mass is 10.2. The number of hydrogen-bond acceptors (Lipinski definition) is 7. The van der Waals surface area contributed by atoms with Crippen LogP contribution in [0.4, 0.5) is 5.69 Å². The first-order valence-corrected chi connectivity index (χ1v) is 9.26. The molecule has 1 fully saturated rings. The van der Waals surface area contributed by atoms with Crippen LogP contribution in [0.15, 0.2) is 35.4 Å². The molecule has 130 valence electrons. The average Bonchev–Trinajstić information content (AvgIpc) is 3.18. The lowest BCUT2D eigenvalue weighted by Gasteiger charge is -2.26. The number of hydrogen-bond donors (Lipinski definition) is 2. The Bertz CT molecular complexity index is 894. The summed E-state index contributed by atoms with van der Waals surface area (Å²) in [5.74, 6) is 0.159. The lowest BCUT2D eigenvalue weighted by Crippen LogP contribution is -2.35. The molecule has 0 aliphatic carbocycles. The van der Waals surface area contributed by atoms with Crippen LogP contribution in [-0.4, -0.2) is 46.4 Å². The van der Waals surface area contributed by atoms with Gasteiger partial charge in [0.25, 0.3) is 0 Å². The largest absolute Gasteiger partial charge is 0.360 e. The number of benzene rings is 1. The number of aromatic amines is 1. The molecule has 1 saturated heterocycles. The van der Waals surface area contributed by atoms with Crippen LogP contribution in [-0.2, 0) is 10.0 Å². The van der Waals surface area contributed by atoms with E-state index in [-0.39, 0.29) is 16.3 Å². The Labute approximate surface area is 145 Å². The van der Waals surface area contributed by atoms with Gasteiger partial charge in [-0.25, -0.2) is 8.42 Å². The van der Waals surface area contributed by atoms with E-state index in [4.69, 9.17) is 5.26 Å². The molecule has 3 rings (SSSR count). The molecular formula is C15H17N7O2S. The third kappa shape index (κ3) is 3.84. The minimum Gasteiger partial charge on any atom is -0.360 e. The zero-order chi connectivity index (χ0) is 17.7. The first kappa shape index (κ1) is 17.1. The molecule has 0 spiro atoms. The Morgan fingerprint density at radius 2 is 2.12 bits per heavy atom. The van der Waals surface area contributed by atoms with Crippen molar-refractivity contribution in [1.29, 1.82) is 5.26 Å². The summed E-state index contributed by atoms with van der Waals surface area (Å²) in [6.07, 6.45) is 4.25. The molecule has 0 amide bonds. The van der Waals surface area contributed by atoms with E-state index in [1.807, 2.05) is 6.07 Å². The summed E-state index contributed by atoms with van der Waals surface area (Å²) < 4.78 is 27.0. The third-order valence-electron chi connectivity index (χ3n) is 3.88. The van der Waals surface area contributed by atoms with E-state index in [1.54, 1.807) is 24.3 Å². The van der Waals surface area contributed by atoms with Gasteiger partial charge in [0.05, 0.1) is 4.90 Å². The van der Waals surface area contributed by atoms with E-state index in [0.717, 1.165) is 19.3 Å². The molecule has 0 atom stereocenters. The molecule has 2 aromatic rings. The smallest absolute Gasteiger partial charge is 0.243 e. The van der Waals surface area contributed by atoms with Gasteiger partial charge in [-0.3, -0.25) is 0 Å². The number of nitrogens with zero attached hydrogens (tertiary/aromatic N) is 5. The summed E-state index contributed by atoms with van der Waals surface area (Å²) in [5, 5.41) is 25.2. The van der Waals surface area contributed by atoms with Gasteiger partial charge in [0.15, 0.2) is 0 Å². The summed E-state index contributed by atoms with van der Waals surface area (Å²) in [7, 11) is -3.50. The van der Waals surface area contributed by atoms with Crippen molar-refractivity contribution in [2.75, 3.05) is 18.4 Å². The van der Waals surface area contributed by atoms with Gasteiger partial charge in [0.2, 0.25) is 15.8 Å². The first-order valence-electron chi connectivity index (χ1n) is 7.82. The second-order valence-corrected chi connectivity index (χ2v) is 7.48. The van der Waals surface area contributed by atoms with Crippen molar-refractivity contribution in [3.63, 3.8) is 0 Å². The zero-order valence-corrected chi connectivity index (χ0v) is 14.2. The second kappa shape index (κ2) is 7.42. The average molecular weight is 359 g/mol. The Balaban J connectivity index is 1.81. The molecule has 1 aliphatic heterocycles. The fourth-order valence-corrected chi connectivity index (χ4v) is 4.14. The van der Waals surface area contributed by atoms with Gasteiger partial charge in [-0.2, -0.15) is 14.8 Å². The van der Waals surface area contributed by atoms with E-state index < -0.39 is 10.0 Å². The number of nitrogens with one attached hydrogen (secondary N) is 2. The number of nitriles is 1. The molecule has 0 bridgehead atoms. The molecule has 1 aromatic heterocycles. The Hall–Kier alpha value is -2.77. The number of aromatic nitrogens is 4. The molecule has 10 heteroatoms. The number of allylic oxidation sites excluding steroid dienone is 1. The quantitative estimate of drug-likeness (QED) is 0.771. The van der Waals surface area contributed by atoms with Gasteiger partial charge in [0, 0.05) is 25.0 Å². The number of sulfonamides is 1. The third-order valence-corrected chi connectivity index (χ3v) is 5.77. The summed E-state index contributed by atoms with van der Waals surface area (Å²) in [5.41, 5.74) is 0.729. The van der Waals surface area contributed by atoms with E-state index >= 15 is 0 Å². The van der Waals surface area contributed by atoms with Crippen LogP contribution in [0.1, 0.15) is 25.1 Å². The predicted octanol–water partition coefficient (Wildman–Crippen LogP) is 1.35. The van der Waals surface area contributed by atoms with Crippen LogP contribution >= 0.6 is 0 Å². The molecule has 2 N–H and O–H groups in total. The summed E-state index contributed by atoms with van der Waals surface area (Å²) in [4.78, 5) is 0.228. The Morgan fingerprint density at radius 1 is 1.32 bits per heavy atom. The van der Waals surface area contributed by atoms with Crippen LogP contribution < -0.4 is 5.32 Å². The van der Waals surface area contributed by atoms with Gasteiger partial charge in [0.1, 0.15) is 11.6 Å². The maximum Gasteiger partial charge on any atom is 0.243 e. The standard InChI is InChI=1S/C15H17N7O2S/c16-10-12(15-18-20-21-19-15)11-17-13-5-4-6-14(9-13)25(23,24)22-7-2-1-3-8-22/h4-6,9,11,17H,1-3,7-8H2,(H,18,19,20,21). The molecule has 0 radical (unpaired) electrons. The minimum atomic E-state index is -3.50. The normalized spacial score (nSPS) is 16.4. The summed E-state index contributed by atoms with van der Waals surface area (Å²) in [6.45, 7) is 1.10. The van der Waals surface area contributed by atoms with Gasteiger partial charge in [-0.15, -0.1) is 10.2 Å². The topological polar surface area (TPSA) is 128 Å². The van der Waals surface area contributed by atoms with Crippen molar-refractivity contribution in [1.82, 2.24) is 24.9 Å². The highest BCUT2D eigenvalue weighted by atomic mass is 32.2. The van der Waals surface area contributed by atoms with E-state index in [2.05, 4.69) is 25.9 Å². The van der Waals surface area contributed by atoms with E-state index in [9.17, 15) is 8.42 Å². The van der Waals surface area contributed by atoms with Crippen LogP contribution in [0.5, 0.6) is 0 Å². The molecule has 1 aliphatic rings. The highest BCUT2D eigenvalue weighted by molar-refractivity contribution is 7.89. The highest BCUT2D eigenvalue weighted by Crippen LogP contribution is 2.23. The number of tetrazole rings is 1. The van der Waals surface area contributed by atoms with E-state index in [1.165, 1.54) is 10.5 Å². The second-order valence-electron chi connectivity index (χ2n) is 5.54. The van der Waals surface area contributed by atoms with Gasteiger partial charge in [-0.05, 0) is 36.3 Å². The van der Waals surface area contributed by atoms with E-state index in [0.29, 0.717) is 18.8 Å². The number of H-pyrrole nitrogens is 1. The minimum absolute atomic E-state index is 0.159. The first-order chi connectivity index (χ1) is 12.1. The predicted molar refractivity (Wildman–Crippen MR) is 90.4 cm³/mol. The SMILES string of the molecule is N#CC(=CNc1cccc(S(=O)(=O)N2CCCCC2)c1)c1nn[nH]n1. The van der Waals surface area contributed by atoms with Crippen LogP contribution in [0.25, 0.3) is 5.57 Å². The molecule has 2 heterocycles. The van der Waals surface area contributed by atoms with Crippen LogP contribution in [0, 0.1) is 11.3 Å². The highest BCUT2D eigenvalue weighted by Gasteiger charge is 2.25. The monoisotopic (exact) mass is 359 g/mol. The molecule has 1 aromatic carbocycles. The molecule has 9 nitrogen and oxygen atoms in total. The van der Waals surface area contributed by atoms with Crippen molar-refractivity contribution < 1.29 is 8.42 Å². The molecule has 25 heavy (non-hydrogen) atoms. The lowest BCUT2D eigenvalue weighted by molar-refractivity contribution is 0.346. The fourth-order valence-electron chi connectivity index (χ4n) is 2.58. The Morgan fingerprint density at radius 3 is 2.80 bits per heavy atom. The maximum atomic E-state index is 12.7. The van der Waals surface area contributed by atoms with Crippen molar-refractivity contribution in [3.05, 3.63) is 36.3 Å². The van der Waals surface area contributed by atoms with Crippen molar-refractivity contribution in [2.45, 2.75) is 24.2 Å². The van der Waals surface area contributed by atoms with Crippen molar-refractivity contribution >= 4 is 21.3 Å². The van der Waals surface area contributed by atoms with Gasteiger partial charge >= 0.3 is 0 Å². The summed E-state index contributed by atoms with van der Waals surface area (Å²) in [6, 6.07) is 8.46. The number of anilines is 1. The van der Waals surface area contributed by atoms with Crippen LogP contribution in [0.3, 0.4) is 0 Å². The summed E-state index contributed by atoms with van der Waals surface area (Å²) >= 11 is 0. The Kier molecular flexibility index (Phi) is 5.06. The maximum absolute atomic E-state index is 12.7. The van der Waals surface area contributed by atoms with Crippen molar-refractivity contribution in [2.24, 2.45) is 0 Å². The fraction of sp³-hybridized carbons (Fsp3) is 0.333. The van der Waals surface area contributed by atoms with Crippen molar-refractivity contribution in [3.8, 4) is 6.07 Å². The molecule has 0 saturated carbocycles. The zero-order valence-electron chi connectivity index (χ0n) is 13.4. The number of rotatable bonds is 5. The van der Waals surface area contributed by atoms with Gasteiger partial charge < -0.3 is 5.32 Å². The molecule has 0 unspecified atom stereocenters. The van der Waals surface area contributed by atoms with Crippen LogP contribution in [0.2, 0.25) is 0 Å². The number of piperidine rings is 1. The van der Waals surface area contributed by atoms with Gasteiger partial charge in [-0.1, -0.05) is 12.5 Å². The molecular weight excluding hydrogens is 342 g/mol.